The number of nitrogens with one attached hydrogen (secondary N) is 2. The lowest BCUT2D eigenvalue weighted by atomic mass is 10.1. The van der Waals surface area contributed by atoms with Gasteiger partial charge in [-0.3, -0.25) is 15.3 Å². The largest absolute Gasteiger partial charge is 0.381 e. The van der Waals surface area contributed by atoms with Crippen LogP contribution in [0.2, 0.25) is 0 Å². The first-order valence-electron chi connectivity index (χ1n) is 9.28. The Morgan fingerprint density at radius 2 is 1.85 bits per heavy atom. The van der Waals surface area contributed by atoms with Crippen LogP contribution in [0.15, 0.2) is 30.6 Å². The second-order valence-electron chi connectivity index (χ2n) is 6.57. The van der Waals surface area contributed by atoms with Gasteiger partial charge >= 0.3 is 6.03 Å². The fraction of sp³-hybridized carbons (Fsp3) is 0.500. The molecule has 2 amide bonds. The van der Waals surface area contributed by atoms with Gasteiger partial charge in [0.1, 0.15) is 0 Å². The van der Waals surface area contributed by atoms with E-state index in [1.54, 1.807) is 12.3 Å². The Labute approximate surface area is 157 Å². The third-order valence-electron chi connectivity index (χ3n) is 4.79. The SMILES string of the molecule is O=C(Nc1ccn(C2CCOCC2)n1)Nc1ncccc1N1CCOCC1. The molecule has 0 aliphatic carbocycles. The van der Waals surface area contributed by atoms with Crippen LogP contribution in [0.1, 0.15) is 18.9 Å². The van der Waals surface area contributed by atoms with Crippen LogP contribution in [-0.4, -0.2) is 60.3 Å². The average molecular weight is 372 g/mol. The molecule has 2 N–H and O–H groups in total. The number of ether oxygens (including phenoxy) is 2. The topological polar surface area (TPSA) is 93.5 Å². The van der Waals surface area contributed by atoms with Gasteiger partial charge in [0.05, 0.1) is 24.9 Å². The predicted molar refractivity (Wildman–Crippen MR) is 101 cm³/mol. The molecular weight excluding hydrogens is 348 g/mol. The minimum atomic E-state index is -0.361. The zero-order chi connectivity index (χ0) is 18.5. The van der Waals surface area contributed by atoms with E-state index < -0.39 is 0 Å². The zero-order valence-electron chi connectivity index (χ0n) is 15.1. The summed E-state index contributed by atoms with van der Waals surface area (Å²) in [7, 11) is 0. The van der Waals surface area contributed by atoms with Gasteiger partial charge in [0.15, 0.2) is 11.6 Å². The minimum absolute atomic E-state index is 0.320. The number of urea groups is 1. The van der Waals surface area contributed by atoms with Crippen LogP contribution in [0, 0.1) is 0 Å². The Morgan fingerprint density at radius 1 is 1.07 bits per heavy atom. The summed E-state index contributed by atoms with van der Waals surface area (Å²) >= 11 is 0. The van der Waals surface area contributed by atoms with Gasteiger partial charge in [0.25, 0.3) is 0 Å². The smallest absolute Gasteiger partial charge is 0.326 e. The summed E-state index contributed by atoms with van der Waals surface area (Å²) in [6.07, 6.45) is 5.43. The minimum Gasteiger partial charge on any atom is -0.381 e. The van der Waals surface area contributed by atoms with Crippen molar-refractivity contribution in [2.24, 2.45) is 0 Å². The molecule has 0 atom stereocenters. The summed E-state index contributed by atoms with van der Waals surface area (Å²) in [5.74, 6) is 1.05. The third-order valence-corrected chi connectivity index (χ3v) is 4.79. The molecule has 27 heavy (non-hydrogen) atoms. The van der Waals surface area contributed by atoms with Gasteiger partial charge in [-0.15, -0.1) is 0 Å². The molecule has 0 saturated carbocycles. The number of pyridine rings is 1. The summed E-state index contributed by atoms with van der Waals surface area (Å²) < 4.78 is 12.7. The highest BCUT2D eigenvalue weighted by Crippen LogP contribution is 2.24. The van der Waals surface area contributed by atoms with Crippen molar-refractivity contribution in [2.45, 2.75) is 18.9 Å². The molecule has 144 valence electrons. The van der Waals surface area contributed by atoms with E-state index in [0.717, 1.165) is 44.8 Å². The van der Waals surface area contributed by atoms with Crippen LogP contribution in [-0.2, 0) is 9.47 Å². The van der Waals surface area contributed by atoms with Crippen LogP contribution in [0.25, 0.3) is 0 Å². The lowest BCUT2D eigenvalue weighted by Gasteiger charge is -2.29. The maximum absolute atomic E-state index is 12.4. The summed E-state index contributed by atoms with van der Waals surface area (Å²) in [6.45, 7) is 4.39. The van der Waals surface area contributed by atoms with E-state index in [1.807, 2.05) is 23.0 Å². The number of hydrogen-bond donors (Lipinski definition) is 2. The lowest BCUT2D eigenvalue weighted by molar-refractivity contribution is 0.0663. The van der Waals surface area contributed by atoms with Crippen molar-refractivity contribution in [2.75, 3.05) is 55.1 Å². The summed E-state index contributed by atoms with van der Waals surface area (Å²) in [5.41, 5.74) is 0.892. The molecule has 0 unspecified atom stereocenters. The van der Waals surface area contributed by atoms with Crippen LogP contribution >= 0.6 is 0 Å². The second kappa shape index (κ2) is 8.36. The Morgan fingerprint density at radius 3 is 2.67 bits per heavy atom. The van der Waals surface area contributed by atoms with Gasteiger partial charge < -0.3 is 14.4 Å². The first kappa shape index (κ1) is 17.7. The van der Waals surface area contributed by atoms with Gasteiger partial charge in [-0.2, -0.15) is 5.10 Å². The average Bonchev–Trinajstić information content (AvgIpc) is 3.18. The Kier molecular flexibility index (Phi) is 5.50. The van der Waals surface area contributed by atoms with Crippen molar-refractivity contribution in [3.8, 4) is 0 Å². The van der Waals surface area contributed by atoms with E-state index >= 15 is 0 Å². The molecule has 9 heteroatoms. The number of nitrogens with zero attached hydrogens (tertiary/aromatic N) is 4. The number of amides is 2. The van der Waals surface area contributed by atoms with Crippen molar-refractivity contribution in [1.82, 2.24) is 14.8 Å². The fourth-order valence-corrected chi connectivity index (χ4v) is 3.37. The fourth-order valence-electron chi connectivity index (χ4n) is 3.37. The van der Waals surface area contributed by atoms with Crippen LogP contribution in [0.4, 0.5) is 22.1 Å². The monoisotopic (exact) mass is 372 g/mol. The Balaban J connectivity index is 1.39. The first-order valence-corrected chi connectivity index (χ1v) is 9.28. The summed E-state index contributed by atoms with van der Waals surface area (Å²) in [5, 5.41) is 10.1. The molecule has 4 rings (SSSR count). The molecule has 0 bridgehead atoms. The van der Waals surface area contributed by atoms with E-state index in [1.165, 1.54) is 0 Å². The van der Waals surface area contributed by atoms with E-state index in [-0.39, 0.29) is 6.03 Å². The van der Waals surface area contributed by atoms with Crippen molar-refractivity contribution < 1.29 is 14.3 Å². The molecule has 2 aromatic heterocycles. The number of aromatic nitrogens is 3. The van der Waals surface area contributed by atoms with E-state index in [9.17, 15) is 4.79 Å². The highest BCUT2D eigenvalue weighted by atomic mass is 16.5. The van der Waals surface area contributed by atoms with Crippen molar-refractivity contribution in [1.29, 1.82) is 0 Å². The molecule has 2 aromatic rings. The van der Waals surface area contributed by atoms with E-state index in [2.05, 4.69) is 25.6 Å². The number of carbonyl (C=O) groups excluding carboxylic acids is 1. The number of hydrogen-bond acceptors (Lipinski definition) is 6. The van der Waals surface area contributed by atoms with Gasteiger partial charge in [-0.05, 0) is 25.0 Å². The van der Waals surface area contributed by atoms with E-state index in [4.69, 9.17) is 9.47 Å². The molecule has 2 fully saturated rings. The highest BCUT2D eigenvalue weighted by Gasteiger charge is 2.19. The number of carbonyl (C=O) groups is 1. The molecule has 4 heterocycles. The van der Waals surface area contributed by atoms with E-state index in [0.29, 0.717) is 30.9 Å². The molecule has 2 saturated heterocycles. The van der Waals surface area contributed by atoms with Crippen molar-refractivity contribution in [3.05, 3.63) is 30.6 Å². The second-order valence-corrected chi connectivity index (χ2v) is 6.57. The van der Waals surface area contributed by atoms with Gasteiger partial charge in [-0.25, -0.2) is 9.78 Å². The Bertz CT molecular complexity index is 768. The Hall–Kier alpha value is -2.65. The number of anilines is 3. The van der Waals surface area contributed by atoms with Crippen LogP contribution in [0.5, 0.6) is 0 Å². The standard InChI is InChI=1S/C18H24N6O3/c25-18(20-16-3-7-24(22-16)14-4-10-26-11-5-14)21-17-15(2-1-6-19-17)23-8-12-27-13-9-23/h1-3,6-7,14H,4-5,8-13H2,(H2,19,20,21,22,25). The van der Waals surface area contributed by atoms with Gasteiger partial charge in [0, 0.05) is 44.8 Å². The van der Waals surface area contributed by atoms with Gasteiger partial charge in [0.2, 0.25) is 0 Å². The molecule has 9 nitrogen and oxygen atoms in total. The molecule has 0 radical (unpaired) electrons. The maximum Gasteiger partial charge on any atom is 0.326 e. The molecule has 2 aliphatic rings. The lowest BCUT2D eigenvalue weighted by Crippen LogP contribution is -2.37. The van der Waals surface area contributed by atoms with Crippen molar-refractivity contribution in [3.63, 3.8) is 0 Å². The van der Waals surface area contributed by atoms with Crippen molar-refractivity contribution >= 4 is 23.4 Å². The number of rotatable bonds is 4. The molecule has 0 aromatic carbocycles. The summed E-state index contributed by atoms with van der Waals surface area (Å²) in [6, 6.07) is 5.58. The van der Waals surface area contributed by atoms with Crippen LogP contribution < -0.4 is 15.5 Å². The number of morpholine rings is 1. The molecular formula is C18H24N6O3. The van der Waals surface area contributed by atoms with Gasteiger partial charge in [-0.1, -0.05) is 0 Å². The molecule has 2 aliphatic heterocycles. The zero-order valence-corrected chi connectivity index (χ0v) is 15.1. The third kappa shape index (κ3) is 4.37. The maximum atomic E-state index is 12.4. The normalized spacial score (nSPS) is 18.3. The molecule has 0 spiro atoms. The van der Waals surface area contributed by atoms with Crippen LogP contribution in [0.3, 0.4) is 0 Å². The predicted octanol–water partition coefficient (Wildman–Crippen LogP) is 2.11. The first-order chi connectivity index (χ1) is 13.3. The highest BCUT2D eigenvalue weighted by molar-refractivity contribution is 6.00. The summed E-state index contributed by atoms with van der Waals surface area (Å²) in [4.78, 5) is 18.9. The quantitative estimate of drug-likeness (QED) is 0.854.